The first-order valence-corrected chi connectivity index (χ1v) is 5.72. The second kappa shape index (κ2) is 5.95. The summed E-state index contributed by atoms with van der Waals surface area (Å²) in [6.07, 6.45) is 3.69. The quantitative estimate of drug-likeness (QED) is 0.725. The molecule has 0 radical (unpaired) electrons. The summed E-state index contributed by atoms with van der Waals surface area (Å²) >= 11 is 0. The molecule has 1 fully saturated rings. The smallest absolute Gasteiger partial charge is 0.412 e. The minimum atomic E-state index is -0.240. The highest BCUT2D eigenvalue weighted by molar-refractivity contribution is 5.68. The first-order chi connectivity index (χ1) is 7.24. The van der Waals surface area contributed by atoms with Gasteiger partial charge in [-0.2, -0.15) is 0 Å². The van der Waals surface area contributed by atoms with Crippen LogP contribution in [0.3, 0.4) is 0 Å². The lowest BCUT2D eigenvalue weighted by atomic mass is 9.99. The van der Waals surface area contributed by atoms with Crippen LogP contribution in [-0.4, -0.2) is 37.0 Å². The summed E-state index contributed by atoms with van der Waals surface area (Å²) in [4.78, 5) is 13.5. The lowest BCUT2D eigenvalue weighted by Gasteiger charge is -2.39. The Morgan fingerprint density at radius 3 is 2.67 bits per heavy atom. The molecule has 1 aliphatic rings. The number of ether oxygens (including phenoxy) is 2. The van der Waals surface area contributed by atoms with Gasteiger partial charge in [-0.05, 0) is 32.6 Å². The second-order valence-electron chi connectivity index (χ2n) is 3.79. The zero-order valence-electron chi connectivity index (χ0n) is 9.86. The van der Waals surface area contributed by atoms with Crippen LogP contribution in [0.25, 0.3) is 0 Å². The van der Waals surface area contributed by atoms with Gasteiger partial charge in [0.15, 0.2) is 0 Å². The van der Waals surface area contributed by atoms with Gasteiger partial charge in [0.25, 0.3) is 0 Å². The Morgan fingerprint density at radius 1 is 1.40 bits per heavy atom. The maximum absolute atomic E-state index is 11.8. The molecule has 0 N–H and O–H groups in total. The van der Waals surface area contributed by atoms with Crippen molar-refractivity contribution in [3.05, 3.63) is 0 Å². The third kappa shape index (κ3) is 2.84. The Hall–Kier alpha value is -0.770. The summed E-state index contributed by atoms with van der Waals surface area (Å²) in [6, 6.07) is 0.266. The molecule has 1 aliphatic heterocycles. The van der Waals surface area contributed by atoms with E-state index in [1.54, 1.807) is 12.0 Å². The molecule has 0 aromatic heterocycles. The van der Waals surface area contributed by atoms with Gasteiger partial charge >= 0.3 is 6.09 Å². The van der Waals surface area contributed by atoms with Crippen LogP contribution in [0.5, 0.6) is 0 Å². The molecular formula is C11H21NO3. The largest absolute Gasteiger partial charge is 0.450 e. The molecule has 1 rings (SSSR count). The van der Waals surface area contributed by atoms with E-state index in [0.29, 0.717) is 6.61 Å². The maximum atomic E-state index is 11.8. The minimum absolute atomic E-state index is 0.109. The Morgan fingerprint density at radius 2 is 2.13 bits per heavy atom. The number of likely N-dealkylation sites (tertiary alicyclic amines) is 1. The van der Waals surface area contributed by atoms with Crippen LogP contribution in [-0.2, 0) is 9.47 Å². The summed E-state index contributed by atoms with van der Waals surface area (Å²) < 4.78 is 10.4. The third-order valence-corrected chi connectivity index (χ3v) is 2.91. The Bertz CT molecular complexity index is 196. The highest BCUT2D eigenvalue weighted by Crippen LogP contribution is 2.26. The Kier molecular flexibility index (Phi) is 4.88. The monoisotopic (exact) mass is 215 g/mol. The van der Waals surface area contributed by atoms with Crippen molar-refractivity contribution in [1.29, 1.82) is 0 Å². The van der Waals surface area contributed by atoms with Gasteiger partial charge in [0, 0.05) is 13.2 Å². The van der Waals surface area contributed by atoms with E-state index in [0.717, 1.165) is 25.7 Å². The van der Waals surface area contributed by atoms with Crippen molar-refractivity contribution in [3.63, 3.8) is 0 Å². The number of piperidine rings is 1. The predicted molar refractivity (Wildman–Crippen MR) is 57.6 cm³/mol. The molecule has 1 amide bonds. The summed E-state index contributed by atoms with van der Waals surface area (Å²) in [7, 11) is 1.65. The van der Waals surface area contributed by atoms with E-state index < -0.39 is 0 Å². The number of methoxy groups -OCH3 is 1. The Labute approximate surface area is 91.5 Å². The van der Waals surface area contributed by atoms with Crippen LogP contribution in [0, 0.1) is 0 Å². The molecule has 0 aromatic carbocycles. The van der Waals surface area contributed by atoms with E-state index in [-0.39, 0.29) is 18.4 Å². The number of hydrogen-bond acceptors (Lipinski definition) is 3. The molecule has 15 heavy (non-hydrogen) atoms. The van der Waals surface area contributed by atoms with Gasteiger partial charge in [0.05, 0.1) is 6.61 Å². The molecule has 4 heteroatoms. The number of nitrogens with zero attached hydrogens (tertiary/aromatic N) is 1. The molecule has 1 heterocycles. The number of hydrogen-bond donors (Lipinski definition) is 0. The van der Waals surface area contributed by atoms with E-state index in [1.807, 2.05) is 6.92 Å². The molecule has 4 nitrogen and oxygen atoms in total. The SMILES string of the molecule is CCOC(=O)N1C(CC)CCCC1OC. The Balaban J connectivity index is 2.69. The molecule has 0 aromatic rings. The summed E-state index contributed by atoms with van der Waals surface area (Å²) in [5, 5.41) is 0. The van der Waals surface area contributed by atoms with Gasteiger partial charge in [-0.1, -0.05) is 6.92 Å². The van der Waals surface area contributed by atoms with Gasteiger partial charge in [-0.15, -0.1) is 0 Å². The molecule has 2 unspecified atom stereocenters. The molecule has 0 bridgehead atoms. The van der Waals surface area contributed by atoms with Crippen molar-refractivity contribution in [2.45, 2.75) is 51.8 Å². The van der Waals surface area contributed by atoms with E-state index in [4.69, 9.17) is 9.47 Å². The molecule has 2 atom stereocenters. The molecule has 88 valence electrons. The van der Waals surface area contributed by atoms with E-state index in [1.165, 1.54) is 0 Å². The molecule has 0 saturated carbocycles. The van der Waals surface area contributed by atoms with Crippen LogP contribution in [0.1, 0.15) is 39.5 Å². The van der Waals surface area contributed by atoms with Gasteiger partial charge in [0.1, 0.15) is 6.23 Å². The molecule has 1 saturated heterocycles. The topological polar surface area (TPSA) is 38.8 Å². The fourth-order valence-electron chi connectivity index (χ4n) is 2.14. The number of rotatable bonds is 3. The van der Waals surface area contributed by atoms with Crippen LogP contribution < -0.4 is 0 Å². The first-order valence-electron chi connectivity index (χ1n) is 5.72. The van der Waals surface area contributed by atoms with Crippen molar-refractivity contribution in [2.75, 3.05) is 13.7 Å². The van der Waals surface area contributed by atoms with Crippen molar-refractivity contribution in [3.8, 4) is 0 Å². The number of carbonyl (C=O) groups is 1. The molecule has 0 spiro atoms. The van der Waals surface area contributed by atoms with E-state index >= 15 is 0 Å². The van der Waals surface area contributed by atoms with Gasteiger partial charge in [0.2, 0.25) is 0 Å². The highest BCUT2D eigenvalue weighted by atomic mass is 16.6. The lowest BCUT2D eigenvalue weighted by Crippen LogP contribution is -2.50. The minimum Gasteiger partial charge on any atom is -0.450 e. The van der Waals surface area contributed by atoms with Gasteiger partial charge < -0.3 is 9.47 Å². The summed E-state index contributed by atoms with van der Waals surface area (Å²) in [5.74, 6) is 0. The van der Waals surface area contributed by atoms with Crippen LogP contribution in [0.15, 0.2) is 0 Å². The first kappa shape index (κ1) is 12.3. The van der Waals surface area contributed by atoms with Crippen LogP contribution in [0.4, 0.5) is 4.79 Å². The fourth-order valence-corrected chi connectivity index (χ4v) is 2.14. The second-order valence-corrected chi connectivity index (χ2v) is 3.79. The maximum Gasteiger partial charge on any atom is 0.412 e. The molecular weight excluding hydrogens is 194 g/mol. The summed E-state index contributed by atoms with van der Waals surface area (Å²) in [6.45, 7) is 4.34. The normalized spacial score (nSPS) is 26.5. The van der Waals surface area contributed by atoms with Crippen molar-refractivity contribution in [2.24, 2.45) is 0 Å². The highest BCUT2D eigenvalue weighted by Gasteiger charge is 2.34. The number of amides is 1. The number of carbonyl (C=O) groups excluding carboxylic acids is 1. The van der Waals surface area contributed by atoms with E-state index in [2.05, 4.69) is 6.92 Å². The van der Waals surface area contributed by atoms with Crippen molar-refractivity contribution >= 4 is 6.09 Å². The molecule has 0 aliphatic carbocycles. The fraction of sp³-hybridized carbons (Fsp3) is 0.909. The van der Waals surface area contributed by atoms with Crippen molar-refractivity contribution < 1.29 is 14.3 Å². The van der Waals surface area contributed by atoms with Crippen LogP contribution >= 0.6 is 0 Å². The average Bonchev–Trinajstić information content (AvgIpc) is 2.28. The zero-order chi connectivity index (χ0) is 11.3. The van der Waals surface area contributed by atoms with Gasteiger partial charge in [-0.25, -0.2) is 4.79 Å². The third-order valence-electron chi connectivity index (χ3n) is 2.91. The van der Waals surface area contributed by atoms with Gasteiger partial charge in [-0.3, -0.25) is 4.90 Å². The summed E-state index contributed by atoms with van der Waals surface area (Å²) in [5.41, 5.74) is 0. The predicted octanol–water partition coefficient (Wildman–Crippen LogP) is 2.38. The lowest BCUT2D eigenvalue weighted by molar-refractivity contribution is -0.0722. The van der Waals surface area contributed by atoms with Crippen LogP contribution in [0.2, 0.25) is 0 Å². The average molecular weight is 215 g/mol. The van der Waals surface area contributed by atoms with Crippen molar-refractivity contribution in [1.82, 2.24) is 4.90 Å². The standard InChI is InChI=1S/C11H21NO3/c1-4-9-7-6-8-10(14-3)12(9)11(13)15-5-2/h9-10H,4-8H2,1-3H3. The van der Waals surface area contributed by atoms with E-state index in [9.17, 15) is 4.79 Å². The zero-order valence-corrected chi connectivity index (χ0v) is 9.86.